The van der Waals surface area contributed by atoms with Gasteiger partial charge in [-0.25, -0.2) is 0 Å². The zero-order valence-corrected chi connectivity index (χ0v) is 17.8. The van der Waals surface area contributed by atoms with Gasteiger partial charge >= 0.3 is 0 Å². The van der Waals surface area contributed by atoms with E-state index in [0.717, 1.165) is 6.42 Å². The van der Waals surface area contributed by atoms with E-state index in [1.165, 1.54) is 35.1 Å². The maximum Gasteiger partial charge on any atom is 0.0474 e. The molecule has 3 unspecified atom stereocenters. The van der Waals surface area contributed by atoms with Crippen molar-refractivity contribution in [2.24, 2.45) is 0 Å². The Hall–Kier alpha value is -2.05. The fourth-order valence-corrected chi connectivity index (χ4v) is 4.42. The van der Waals surface area contributed by atoms with Crippen LogP contribution in [0, 0.1) is 0 Å². The van der Waals surface area contributed by atoms with E-state index < -0.39 is 0 Å². The van der Waals surface area contributed by atoms with Gasteiger partial charge in [0.05, 0.1) is 0 Å². The quantitative estimate of drug-likeness (QED) is 0.322. The molecule has 0 aliphatic heterocycles. The highest BCUT2D eigenvalue weighted by molar-refractivity contribution is 6.17. The van der Waals surface area contributed by atoms with Crippen LogP contribution in [-0.4, -0.2) is 0 Å². The van der Waals surface area contributed by atoms with E-state index >= 15 is 0 Å². The molecule has 0 N–H and O–H groups in total. The van der Waals surface area contributed by atoms with Crippen LogP contribution < -0.4 is 0 Å². The molecule has 0 radical (unpaired) electrons. The molecule has 0 bridgehead atoms. The van der Waals surface area contributed by atoms with E-state index in [9.17, 15) is 0 Å². The molecule has 0 aliphatic carbocycles. The Morgan fingerprint density at radius 2 is 1.29 bits per heavy atom. The molecule has 0 heterocycles. The van der Waals surface area contributed by atoms with Gasteiger partial charge in [0.2, 0.25) is 0 Å². The molecule has 0 fully saturated rings. The SMILES string of the molecule is CCC(CC(CC(C)c1ccccc1)c1ccccc1)c1cccc(CCl)c1. The van der Waals surface area contributed by atoms with Gasteiger partial charge < -0.3 is 0 Å². The second kappa shape index (κ2) is 10.5. The lowest BCUT2D eigenvalue weighted by Gasteiger charge is -2.27. The molecule has 0 nitrogen and oxygen atoms in total. The predicted molar refractivity (Wildman–Crippen MR) is 122 cm³/mol. The largest absolute Gasteiger partial charge is 0.122 e. The Morgan fingerprint density at radius 1 is 0.679 bits per heavy atom. The van der Waals surface area contributed by atoms with Crippen molar-refractivity contribution in [2.45, 2.75) is 56.7 Å². The fourth-order valence-electron chi connectivity index (χ4n) is 4.25. The minimum Gasteiger partial charge on any atom is -0.122 e. The van der Waals surface area contributed by atoms with Crippen molar-refractivity contribution in [1.82, 2.24) is 0 Å². The molecule has 0 aromatic heterocycles. The lowest BCUT2D eigenvalue weighted by Crippen LogP contribution is -2.10. The van der Waals surface area contributed by atoms with Gasteiger partial charge in [0.15, 0.2) is 0 Å². The van der Waals surface area contributed by atoms with Crippen molar-refractivity contribution in [1.29, 1.82) is 0 Å². The summed E-state index contributed by atoms with van der Waals surface area (Å²) in [7, 11) is 0. The van der Waals surface area contributed by atoms with Gasteiger partial charge in [-0.1, -0.05) is 98.8 Å². The summed E-state index contributed by atoms with van der Waals surface area (Å²) in [6, 6.07) is 30.8. The summed E-state index contributed by atoms with van der Waals surface area (Å²) in [5, 5.41) is 0. The van der Waals surface area contributed by atoms with Gasteiger partial charge in [0.1, 0.15) is 0 Å². The molecule has 3 aromatic carbocycles. The Bertz CT molecular complexity index is 825. The minimum atomic E-state index is 0.540. The van der Waals surface area contributed by atoms with E-state index in [1.807, 2.05) is 0 Å². The molecule has 146 valence electrons. The van der Waals surface area contributed by atoms with Crippen molar-refractivity contribution >= 4 is 11.6 Å². The molecule has 0 aliphatic rings. The standard InChI is InChI=1S/C27H31Cl/c1-3-23(26-16-10-11-22(18-26)20-28)19-27(25-14-8-5-9-15-25)17-21(2)24-12-6-4-7-13-24/h4-16,18,21,23,27H,3,17,19-20H2,1-2H3. The molecule has 0 saturated heterocycles. The lowest BCUT2D eigenvalue weighted by atomic mass is 9.78. The van der Waals surface area contributed by atoms with Crippen LogP contribution in [0.5, 0.6) is 0 Å². The third-order valence-electron chi connectivity index (χ3n) is 5.92. The number of alkyl halides is 1. The average Bonchev–Trinajstić information content (AvgIpc) is 2.77. The van der Waals surface area contributed by atoms with Gasteiger partial charge in [-0.2, -0.15) is 0 Å². The fraction of sp³-hybridized carbons (Fsp3) is 0.333. The highest BCUT2D eigenvalue weighted by Crippen LogP contribution is 2.38. The molecule has 1 heteroatoms. The van der Waals surface area contributed by atoms with Crippen LogP contribution in [0.25, 0.3) is 0 Å². The molecular weight excluding hydrogens is 360 g/mol. The van der Waals surface area contributed by atoms with Gasteiger partial charge in [-0.15, -0.1) is 11.6 Å². The topological polar surface area (TPSA) is 0 Å². The Morgan fingerprint density at radius 3 is 1.89 bits per heavy atom. The van der Waals surface area contributed by atoms with E-state index in [0.29, 0.717) is 23.6 Å². The predicted octanol–water partition coefficient (Wildman–Crippen LogP) is 8.29. The molecule has 0 spiro atoms. The van der Waals surface area contributed by atoms with Crippen molar-refractivity contribution < 1.29 is 0 Å². The molecule has 0 amide bonds. The number of halogens is 1. The average molecular weight is 391 g/mol. The normalized spacial score (nSPS) is 14.4. The van der Waals surface area contributed by atoms with Crippen LogP contribution in [0.4, 0.5) is 0 Å². The number of rotatable bonds is 9. The first-order valence-electron chi connectivity index (χ1n) is 10.5. The highest BCUT2D eigenvalue weighted by atomic mass is 35.5. The van der Waals surface area contributed by atoms with Crippen molar-refractivity contribution in [3.63, 3.8) is 0 Å². The first kappa shape index (κ1) is 20.7. The van der Waals surface area contributed by atoms with Crippen molar-refractivity contribution in [3.05, 3.63) is 107 Å². The first-order chi connectivity index (χ1) is 13.7. The third-order valence-corrected chi connectivity index (χ3v) is 6.22. The number of hydrogen-bond acceptors (Lipinski definition) is 0. The third kappa shape index (κ3) is 5.49. The molecule has 3 atom stereocenters. The summed E-state index contributed by atoms with van der Waals surface area (Å²) in [6.45, 7) is 4.67. The van der Waals surface area contributed by atoms with Crippen LogP contribution >= 0.6 is 11.6 Å². The van der Waals surface area contributed by atoms with Gasteiger partial charge in [0.25, 0.3) is 0 Å². The van der Waals surface area contributed by atoms with E-state index in [1.54, 1.807) is 0 Å². The Balaban J connectivity index is 1.83. The first-order valence-corrected chi connectivity index (χ1v) is 11.0. The van der Waals surface area contributed by atoms with Crippen LogP contribution in [0.1, 0.15) is 73.1 Å². The summed E-state index contributed by atoms with van der Waals surface area (Å²) in [5.74, 6) is 2.22. The lowest BCUT2D eigenvalue weighted by molar-refractivity contribution is 0.467. The van der Waals surface area contributed by atoms with Crippen LogP contribution in [0.2, 0.25) is 0 Å². The van der Waals surface area contributed by atoms with E-state index in [2.05, 4.69) is 98.8 Å². The maximum atomic E-state index is 6.09. The van der Waals surface area contributed by atoms with Crippen molar-refractivity contribution in [2.75, 3.05) is 0 Å². The van der Waals surface area contributed by atoms with E-state index in [-0.39, 0.29) is 0 Å². The van der Waals surface area contributed by atoms with Gasteiger partial charge in [-0.3, -0.25) is 0 Å². The number of benzene rings is 3. The molecule has 28 heavy (non-hydrogen) atoms. The molecule has 3 aromatic rings. The summed E-state index contributed by atoms with van der Waals surface area (Å²) in [4.78, 5) is 0. The van der Waals surface area contributed by atoms with Gasteiger partial charge in [-0.05, 0) is 59.3 Å². The summed E-state index contributed by atoms with van der Waals surface area (Å²) in [6.07, 6.45) is 3.48. The second-order valence-corrected chi connectivity index (χ2v) is 8.14. The van der Waals surface area contributed by atoms with Gasteiger partial charge in [0, 0.05) is 5.88 Å². The minimum absolute atomic E-state index is 0.540. The monoisotopic (exact) mass is 390 g/mol. The molecule has 0 saturated carbocycles. The van der Waals surface area contributed by atoms with Crippen molar-refractivity contribution in [3.8, 4) is 0 Å². The zero-order chi connectivity index (χ0) is 19.8. The smallest absolute Gasteiger partial charge is 0.0474 e. The summed E-state index contributed by atoms with van der Waals surface area (Å²) < 4.78 is 0. The Labute approximate surface area is 175 Å². The molecular formula is C27H31Cl. The second-order valence-electron chi connectivity index (χ2n) is 7.87. The highest BCUT2D eigenvalue weighted by Gasteiger charge is 2.21. The summed E-state index contributed by atoms with van der Waals surface area (Å²) in [5.41, 5.74) is 5.53. The Kier molecular flexibility index (Phi) is 7.74. The zero-order valence-electron chi connectivity index (χ0n) is 17.0. The van der Waals surface area contributed by atoms with E-state index in [4.69, 9.17) is 11.6 Å². The summed E-state index contributed by atoms with van der Waals surface area (Å²) >= 11 is 6.09. The molecule has 3 rings (SSSR count). The van der Waals surface area contributed by atoms with Crippen LogP contribution in [-0.2, 0) is 5.88 Å². The van der Waals surface area contributed by atoms with Crippen LogP contribution in [0.15, 0.2) is 84.9 Å². The number of hydrogen-bond donors (Lipinski definition) is 0. The maximum absolute atomic E-state index is 6.09. The van der Waals surface area contributed by atoms with Crippen LogP contribution in [0.3, 0.4) is 0 Å².